The van der Waals surface area contributed by atoms with Gasteiger partial charge in [-0.3, -0.25) is 0 Å². The molecule has 3 heteroatoms. The molecule has 1 aliphatic heterocycles. The number of benzene rings is 1. The molecule has 0 radical (unpaired) electrons. The van der Waals surface area contributed by atoms with Crippen molar-refractivity contribution in [2.45, 2.75) is 51.7 Å². The molecule has 1 aromatic rings. The van der Waals surface area contributed by atoms with Crippen LogP contribution in [0.1, 0.15) is 46.1 Å². The molecule has 21 heavy (non-hydrogen) atoms. The molecule has 0 spiro atoms. The first-order chi connectivity index (χ1) is 9.89. The Morgan fingerprint density at radius 2 is 1.57 bits per heavy atom. The molecular weight excluding hydrogens is 259 g/mol. The highest BCUT2D eigenvalue weighted by atomic mass is 16.7. The topological polar surface area (TPSA) is 18.5 Å². The van der Waals surface area contributed by atoms with Gasteiger partial charge in [0.25, 0.3) is 0 Å². The monoisotopic (exact) mass is 282 g/mol. The summed E-state index contributed by atoms with van der Waals surface area (Å²) >= 11 is 0. The normalized spacial score (nSPS) is 22.9. The Kier molecular flexibility index (Phi) is 3.58. The summed E-state index contributed by atoms with van der Waals surface area (Å²) in [6, 6.07) is 10.5. The minimum Gasteiger partial charge on any atom is -0.400 e. The average Bonchev–Trinajstić information content (AvgIpc) is 3.20. The van der Waals surface area contributed by atoms with Crippen LogP contribution >= 0.6 is 0 Å². The van der Waals surface area contributed by atoms with Crippen LogP contribution < -0.4 is 0 Å². The van der Waals surface area contributed by atoms with Crippen LogP contribution in [0.2, 0.25) is 0 Å². The van der Waals surface area contributed by atoms with Crippen molar-refractivity contribution in [2.24, 2.45) is 0 Å². The molecule has 2 nitrogen and oxygen atoms in total. The zero-order valence-electron chi connectivity index (χ0n) is 13.3. The second-order valence-electron chi connectivity index (χ2n) is 6.87. The lowest BCUT2D eigenvalue weighted by molar-refractivity contribution is 0.00578. The molecule has 2 aliphatic rings. The summed E-state index contributed by atoms with van der Waals surface area (Å²) in [5.41, 5.74) is 3.57. The Bertz CT molecular complexity index is 562. The summed E-state index contributed by atoms with van der Waals surface area (Å²) in [6.07, 6.45) is 4.58. The lowest BCUT2D eigenvalue weighted by atomic mass is 9.88. The van der Waals surface area contributed by atoms with Crippen molar-refractivity contribution in [3.05, 3.63) is 53.5 Å². The number of hydrogen-bond acceptors (Lipinski definition) is 2. The number of allylic oxidation sites excluding steroid dienone is 3. The van der Waals surface area contributed by atoms with Crippen molar-refractivity contribution in [3.8, 4) is 0 Å². The van der Waals surface area contributed by atoms with Crippen molar-refractivity contribution in [1.82, 2.24) is 0 Å². The van der Waals surface area contributed by atoms with E-state index in [0.717, 1.165) is 0 Å². The van der Waals surface area contributed by atoms with Gasteiger partial charge in [0.2, 0.25) is 0 Å². The number of rotatable bonds is 3. The second kappa shape index (κ2) is 5.15. The molecular formula is C18H23BO2. The van der Waals surface area contributed by atoms with E-state index in [4.69, 9.17) is 9.31 Å². The van der Waals surface area contributed by atoms with Gasteiger partial charge in [-0.2, -0.15) is 0 Å². The van der Waals surface area contributed by atoms with Crippen LogP contribution in [-0.2, 0) is 9.31 Å². The molecule has 0 N–H and O–H groups in total. The van der Waals surface area contributed by atoms with Gasteiger partial charge in [0.1, 0.15) is 0 Å². The van der Waals surface area contributed by atoms with E-state index < -0.39 is 0 Å². The van der Waals surface area contributed by atoms with E-state index in [1.165, 1.54) is 29.6 Å². The van der Waals surface area contributed by atoms with Crippen LogP contribution in [0, 0.1) is 0 Å². The van der Waals surface area contributed by atoms with Gasteiger partial charge in [0.15, 0.2) is 0 Å². The lowest BCUT2D eigenvalue weighted by Gasteiger charge is -2.32. The molecule has 0 amide bonds. The zero-order valence-corrected chi connectivity index (χ0v) is 13.3. The molecule has 1 aliphatic carbocycles. The fourth-order valence-electron chi connectivity index (χ4n) is 2.51. The van der Waals surface area contributed by atoms with Gasteiger partial charge < -0.3 is 9.31 Å². The summed E-state index contributed by atoms with van der Waals surface area (Å²) in [5, 5.41) is 0. The van der Waals surface area contributed by atoms with Gasteiger partial charge >= 0.3 is 7.12 Å². The van der Waals surface area contributed by atoms with Crippen molar-refractivity contribution in [2.75, 3.05) is 0 Å². The fraction of sp³-hybridized carbons (Fsp3) is 0.444. The smallest absolute Gasteiger partial charge is 0.400 e. The molecule has 110 valence electrons. The minimum atomic E-state index is -0.276. The largest absolute Gasteiger partial charge is 0.487 e. The molecule has 1 saturated carbocycles. The highest BCUT2D eigenvalue weighted by Gasteiger charge is 2.50. The highest BCUT2D eigenvalue weighted by molar-refractivity contribution is 6.52. The van der Waals surface area contributed by atoms with Gasteiger partial charge in [0.05, 0.1) is 11.2 Å². The summed E-state index contributed by atoms with van der Waals surface area (Å²) in [7, 11) is -0.270. The molecule has 0 unspecified atom stereocenters. The Labute approximate surface area is 128 Å². The third kappa shape index (κ3) is 2.99. The van der Waals surface area contributed by atoms with Gasteiger partial charge in [-0.1, -0.05) is 48.0 Å². The van der Waals surface area contributed by atoms with Gasteiger partial charge in [0, 0.05) is 0 Å². The maximum Gasteiger partial charge on any atom is 0.487 e. The Morgan fingerprint density at radius 1 is 1.00 bits per heavy atom. The molecule has 1 aromatic carbocycles. The van der Waals surface area contributed by atoms with E-state index >= 15 is 0 Å². The lowest BCUT2D eigenvalue weighted by Crippen LogP contribution is -2.41. The van der Waals surface area contributed by atoms with Crippen molar-refractivity contribution < 1.29 is 9.31 Å². The van der Waals surface area contributed by atoms with E-state index in [9.17, 15) is 0 Å². The third-order valence-corrected chi connectivity index (χ3v) is 4.66. The van der Waals surface area contributed by atoms with Crippen LogP contribution in [-0.4, -0.2) is 18.3 Å². The van der Waals surface area contributed by atoms with Crippen LogP contribution in [0.3, 0.4) is 0 Å². The molecule has 0 aromatic heterocycles. The standard InChI is InChI=1S/C18H23BO2/c1-17(2)18(3,4)21-19(20-17)13-12-16(15-10-11-15)14-8-6-5-7-9-14/h5-9,12-13H,10-11H2,1-4H3/b13-12+. The van der Waals surface area contributed by atoms with Crippen molar-refractivity contribution in [3.63, 3.8) is 0 Å². The van der Waals surface area contributed by atoms with Gasteiger partial charge in [-0.25, -0.2) is 0 Å². The molecule has 3 rings (SSSR count). The Morgan fingerprint density at radius 3 is 2.10 bits per heavy atom. The van der Waals surface area contributed by atoms with E-state index in [-0.39, 0.29) is 18.3 Å². The van der Waals surface area contributed by atoms with Crippen molar-refractivity contribution >= 4 is 12.7 Å². The van der Waals surface area contributed by atoms with E-state index in [1.54, 1.807) is 0 Å². The zero-order chi connectivity index (χ0) is 15.1. The molecule has 0 bridgehead atoms. The minimum absolute atomic E-state index is 0.270. The van der Waals surface area contributed by atoms with E-state index in [2.05, 4.69) is 64.1 Å². The summed E-state index contributed by atoms with van der Waals surface area (Å²) < 4.78 is 12.0. The van der Waals surface area contributed by atoms with Crippen LogP contribution in [0.4, 0.5) is 0 Å². The highest BCUT2D eigenvalue weighted by Crippen LogP contribution is 2.39. The fourth-order valence-corrected chi connectivity index (χ4v) is 2.51. The first-order valence-electron chi connectivity index (χ1n) is 7.70. The Hall–Kier alpha value is -1.32. The van der Waals surface area contributed by atoms with E-state index in [0.29, 0.717) is 0 Å². The summed E-state index contributed by atoms with van der Waals surface area (Å²) in [6.45, 7) is 8.33. The molecule has 1 heterocycles. The van der Waals surface area contributed by atoms with Gasteiger partial charge in [-0.15, -0.1) is 0 Å². The molecule has 1 saturated heterocycles. The number of hydrogen-bond donors (Lipinski definition) is 0. The molecule has 2 fully saturated rings. The first-order valence-corrected chi connectivity index (χ1v) is 7.70. The van der Waals surface area contributed by atoms with Crippen LogP contribution in [0.15, 0.2) is 48.0 Å². The first kappa shape index (κ1) is 14.6. The predicted octanol–water partition coefficient (Wildman–Crippen LogP) is 4.42. The SMILES string of the molecule is CC1(C)OB(/C=C/C(=C2CC2)c2ccccc2)OC1(C)C. The third-order valence-electron chi connectivity index (χ3n) is 4.66. The summed E-state index contributed by atoms with van der Waals surface area (Å²) in [5.74, 6) is 2.05. The summed E-state index contributed by atoms with van der Waals surface area (Å²) in [4.78, 5) is 0. The quantitative estimate of drug-likeness (QED) is 0.764. The maximum atomic E-state index is 6.02. The molecule has 0 atom stereocenters. The predicted molar refractivity (Wildman–Crippen MR) is 87.8 cm³/mol. The average molecular weight is 282 g/mol. The van der Waals surface area contributed by atoms with Crippen molar-refractivity contribution in [1.29, 1.82) is 0 Å². The second-order valence-corrected chi connectivity index (χ2v) is 6.87. The van der Waals surface area contributed by atoms with Crippen LogP contribution in [0.5, 0.6) is 0 Å². The van der Waals surface area contributed by atoms with Gasteiger partial charge in [-0.05, 0) is 51.7 Å². The Balaban J connectivity index is 1.79. The van der Waals surface area contributed by atoms with E-state index in [1.807, 2.05) is 5.98 Å². The van der Waals surface area contributed by atoms with Crippen LogP contribution in [0.25, 0.3) is 5.57 Å². The maximum absolute atomic E-state index is 6.02.